The molecule has 1 fully saturated rings. The first-order valence-electron chi connectivity index (χ1n) is 9.57. The summed E-state index contributed by atoms with van der Waals surface area (Å²) in [6.45, 7) is 0.123. The van der Waals surface area contributed by atoms with Crippen molar-refractivity contribution in [2.45, 2.75) is 17.7 Å². The molecule has 158 valence electrons. The highest BCUT2D eigenvalue weighted by molar-refractivity contribution is 7.89. The first-order chi connectivity index (χ1) is 14.3. The number of nitrogens with one attached hydrogen (secondary N) is 1. The zero-order valence-corrected chi connectivity index (χ0v) is 17.1. The molecule has 0 saturated carbocycles. The molecule has 0 bridgehead atoms. The van der Waals surface area contributed by atoms with E-state index in [1.54, 1.807) is 0 Å². The van der Waals surface area contributed by atoms with Gasteiger partial charge in [-0.25, -0.2) is 17.2 Å². The molecular weight excluding hydrogens is 412 g/mol. The zero-order chi connectivity index (χ0) is 21.5. The number of rotatable bonds is 4. The largest absolute Gasteiger partial charge is 0.350 e. The SMILES string of the molecule is Cn1ccc2c(NC(=O)C3CCN(S(=O)(=O)c4cc(F)ccc4F)CC3)cccc21. The molecule has 3 aromatic rings. The first-order valence-corrected chi connectivity index (χ1v) is 11.0. The molecule has 2 aromatic carbocycles. The van der Waals surface area contributed by atoms with E-state index < -0.39 is 26.6 Å². The Hall–Kier alpha value is -2.78. The summed E-state index contributed by atoms with van der Waals surface area (Å²) in [5.41, 5.74) is 1.70. The van der Waals surface area contributed by atoms with Crippen LogP contribution in [0, 0.1) is 17.6 Å². The zero-order valence-electron chi connectivity index (χ0n) is 16.3. The number of carbonyl (C=O) groups is 1. The number of piperidine rings is 1. The monoisotopic (exact) mass is 433 g/mol. The van der Waals surface area contributed by atoms with E-state index in [1.807, 2.05) is 42.1 Å². The Labute approximate surface area is 173 Å². The summed E-state index contributed by atoms with van der Waals surface area (Å²) in [7, 11) is -2.24. The minimum atomic E-state index is -4.17. The van der Waals surface area contributed by atoms with Crippen LogP contribution in [0.3, 0.4) is 0 Å². The number of benzene rings is 2. The summed E-state index contributed by atoms with van der Waals surface area (Å²) in [4.78, 5) is 12.1. The van der Waals surface area contributed by atoms with Crippen molar-refractivity contribution < 1.29 is 22.0 Å². The van der Waals surface area contributed by atoms with Crippen molar-refractivity contribution in [3.05, 3.63) is 60.3 Å². The van der Waals surface area contributed by atoms with Crippen LogP contribution in [0.25, 0.3) is 10.9 Å². The van der Waals surface area contributed by atoms with E-state index in [0.717, 1.165) is 27.3 Å². The van der Waals surface area contributed by atoms with Gasteiger partial charge in [0.25, 0.3) is 0 Å². The lowest BCUT2D eigenvalue weighted by atomic mass is 9.97. The third kappa shape index (κ3) is 3.70. The number of fused-ring (bicyclic) bond motifs is 1. The minimum absolute atomic E-state index is 0.0614. The van der Waals surface area contributed by atoms with Crippen molar-refractivity contribution in [1.82, 2.24) is 8.87 Å². The molecule has 1 N–H and O–H groups in total. The van der Waals surface area contributed by atoms with Gasteiger partial charge in [-0.05, 0) is 49.2 Å². The average molecular weight is 433 g/mol. The lowest BCUT2D eigenvalue weighted by molar-refractivity contribution is -0.120. The van der Waals surface area contributed by atoms with E-state index in [-0.39, 0.29) is 24.9 Å². The number of amides is 1. The Kier molecular flexibility index (Phi) is 5.33. The van der Waals surface area contributed by atoms with Crippen molar-refractivity contribution in [3.8, 4) is 0 Å². The van der Waals surface area contributed by atoms with E-state index in [1.165, 1.54) is 0 Å². The molecule has 0 spiro atoms. The predicted molar refractivity (Wildman–Crippen MR) is 109 cm³/mol. The molecule has 0 aliphatic carbocycles. The van der Waals surface area contributed by atoms with Crippen LogP contribution in [-0.2, 0) is 21.9 Å². The van der Waals surface area contributed by atoms with E-state index in [4.69, 9.17) is 0 Å². The van der Waals surface area contributed by atoms with Crippen molar-refractivity contribution in [1.29, 1.82) is 0 Å². The van der Waals surface area contributed by atoms with Crippen LogP contribution in [0.1, 0.15) is 12.8 Å². The summed E-state index contributed by atoms with van der Waals surface area (Å²) in [5, 5.41) is 3.87. The topological polar surface area (TPSA) is 71.4 Å². The number of hydrogen-bond donors (Lipinski definition) is 1. The fraction of sp³-hybridized carbons (Fsp3) is 0.286. The Morgan fingerprint density at radius 3 is 2.57 bits per heavy atom. The number of aryl methyl sites for hydroxylation is 1. The van der Waals surface area contributed by atoms with Gasteiger partial charge < -0.3 is 9.88 Å². The van der Waals surface area contributed by atoms with E-state index in [9.17, 15) is 22.0 Å². The molecule has 4 rings (SSSR count). The van der Waals surface area contributed by atoms with E-state index in [2.05, 4.69) is 5.32 Å². The van der Waals surface area contributed by atoms with Crippen LogP contribution in [0.2, 0.25) is 0 Å². The molecule has 1 amide bonds. The Bertz CT molecular complexity index is 1220. The van der Waals surface area contributed by atoms with E-state index in [0.29, 0.717) is 24.6 Å². The molecule has 1 aliphatic heterocycles. The molecule has 9 heteroatoms. The highest BCUT2D eigenvalue weighted by atomic mass is 32.2. The molecule has 0 atom stereocenters. The quantitative estimate of drug-likeness (QED) is 0.685. The molecule has 0 unspecified atom stereocenters. The Morgan fingerprint density at radius 2 is 1.83 bits per heavy atom. The number of nitrogens with zero attached hydrogens (tertiary/aromatic N) is 2. The molecule has 1 aromatic heterocycles. The van der Waals surface area contributed by atoms with Crippen LogP contribution in [0.5, 0.6) is 0 Å². The van der Waals surface area contributed by atoms with Crippen molar-refractivity contribution in [2.24, 2.45) is 13.0 Å². The highest BCUT2D eigenvalue weighted by Crippen LogP contribution is 2.28. The minimum Gasteiger partial charge on any atom is -0.350 e. The van der Waals surface area contributed by atoms with Crippen molar-refractivity contribution >= 4 is 32.5 Å². The lowest BCUT2D eigenvalue weighted by Gasteiger charge is -2.30. The summed E-state index contributed by atoms with van der Waals surface area (Å²) in [6.07, 6.45) is 2.51. The standard InChI is InChI=1S/C21H21F2N3O3S/c1-25-10-9-16-18(3-2-4-19(16)25)24-21(27)14-7-11-26(12-8-14)30(28,29)20-13-15(22)5-6-17(20)23/h2-6,9-10,13-14H,7-8,11-12H2,1H3,(H,24,27). The summed E-state index contributed by atoms with van der Waals surface area (Å²) in [5.74, 6) is -2.36. The second-order valence-corrected chi connectivity index (χ2v) is 9.31. The third-order valence-corrected chi connectivity index (χ3v) is 7.44. The first kappa shape index (κ1) is 20.5. The summed E-state index contributed by atoms with van der Waals surface area (Å²) < 4.78 is 55.8. The Balaban J connectivity index is 1.45. The number of carbonyl (C=O) groups excluding carboxylic acids is 1. The molecule has 30 heavy (non-hydrogen) atoms. The number of anilines is 1. The van der Waals surface area contributed by atoms with Crippen molar-refractivity contribution in [3.63, 3.8) is 0 Å². The average Bonchev–Trinajstić information content (AvgIpc) is 3.12. The van der Waals surface area contributed by atoms with Gasteiger partial charge in [-0.1, -0.05) is 6.07 Å². The van der Waals surface area contributed by atoms with Crippen LogP contribution in [0.15, 0.2) is 53.6 Å². The Morgan fingerprint density at radius 1 is 1.10 bits per heavy atom. The molecular formula is C21H21F2N3O3S. The van der Waals surface area contributed by atoms with Gasteiger partial charge >= 0.3 is 0 Å². The third-order valence-electron chi connectivity index (χ3n) is 5.52. The maximum Gasteiger partial charge on any atom is 0.246 e. The van der Waals surface area contributed by atoms with Gasteiger partial charge in [0.05, 0.1) is 5.69 Å². The fourth-order valence-corrected chi connectivity index (χ4v) is 5.36. The molecule has 6 nitrogen and oxygen atoms in total. The lowest BCUT2D eigenvalue weighted by Crippen LogP contribution is -2.41. The molecule has 1 saturated heterocycles. The van der Waals surface area contributed by atoms with Gasteiger partial charge in [-0.2, -0.15) is 4.31 Å². The molecule has 1 aliphatic rings. The highest BCUT2D eigenvalue weighted by Gasteiger charge is 2.34. The maximum atomic E-state index is 14.0. The van der Waals surface area contributed by atoms with Gasteiger partial charge in [0.2, 0.25) is 15.9 Å². The van der Waals surface area contributed by atoms with Gasteiger partial charge in [0.15, 0.2) is 0 Å². The predicted octanol–water partition coefficient (Wildman–Crippen LogP) is 3.50. The number of halogens is 2. The summed E-state index contributed by atoms with van der Waals surface area (Å²) in [6, 6.07) is 9.93. The van der Waals surface area contributed by atoms with Crippen LogP contribution in [0.4, 0.5) is 14.5 Å². The maximum absolute atomic E-state index is 14.0. The van der Waals surface area contributed by atoms with Crippen LogP contribution < -0.4 is 5.32 Å². The normalized spacial score (nSPS) is 16.1. The van der Waals surface area contributed by atoms with E-state index >= 15 is 0 Å². The number of sulfonamides is 1. The van der Waals surface area contributed by atoms with Crippen LogP contribution >= 0.6 is 0 Å². The van der Waals surface area contributed by atoms with Crippen LogP contribution in [-0.4, -0.2) is 36.3 Å². The summed E-state index contributed by atoms with van der Waals surface area (Å²) >= 11 is 0. The van der Waals surface area contributed by atoms with Crippen molar-refractivity contribution in [2.75, 3.05) is 18.4 Å². The number of aromatic nitrogens is 1. The molecule has 2 heterocycles. The van der Waals surface area contributed by atoms with Gasteiger partial charge in [0.1, 0.15) is 16.5 Å². The van der Waals surface area contributed by atoms with Gasteiger partial charge in [-0.3, -0.25) is 4.79 Å². The fourth-order valence-electron chi connectivity index (χ4n) is 3.82. The molecule has 0 radical (unpaired) electrons. The number of hydrogen-bond acceptors (Lipinski definition) is 3. The smallest absolute Gasteiger partial charge is 0.246 e. The second kappa shape index (κ2) is 7.81. The van der Waals surface area contributed by atoms with Gasteiger partial charge in [-0.15, -0.1) is 0 Å². The van der Waals surface area contributed by atoms with Gasteiger partial charge in [0, 0.05) is 43.2 Å². The second-order valence-electron chi connectivity index (χ2n) is 7.41.